The minimum atomic E-state index is -3.37. The third kappa shape index (κ3) is 5.38. The van der Waals surface area contributed by atoms with Crippen molar-refractivity contribution >= 4 is 21.6 Å². The van der Waals surface area contributed by atoms with Gasteiger partial charge in [0.1, 0.15) is 6.10 Å². The molecule has 12 heteroatoms. The third-order valence-corrected chi connectivity index (χ3v) is 8.21. The molecule has 2 aliphatic heterocycles. The Morgan fingerprint density at radius 3 is 2.66 bits per heavy atom. The molecule has 2 aromatic heterocycles. The number of halogens is 1. The summed E-state index contributed by atoms with van der Waals surface area (Å²) in [6.45, 7) is 2.02. The molecule has 2 saturated heterocycles. The zero-order valence-corrected chi connectivity index (χ0v) is 19.3. The normalized spacial score (nSPS) is 21.0. The summed E-state index contributed by atoms with van der Waals surface area (Å²) < 4.78 is 34.4. The van der Waals surface area contributed by atoms with Crippen LogP contribution < -0.4 is 15.4 Å². The number of hydrogen-bond donors (Lipinski definition) is 2. The van der Waals surface area contributed by atoms with Gasteiger partial charge in [-0.05, 0) is 44.1 Å². The number of aromatic hydroxyl groups is 1. The van der Waals surface area contributed by atoms with Gasteiger partial charge in [0.2, 0.25) is 21.8 Å². The van der Waals surface area contributed by atoms with Gasteiger partial charge in [-0.1, -0.05) is 11.6 Å². The van der Waals surface area contributed by atoms with Gasteiger partial charge in [-0.2, -0.15) is 4.68 Å². The number of nitrogens with zero attached hydrogens (tertiary/aromatic N) is 4. The van der Waals surface area contributed by atoms with E-state index in [1.807, 2.05) is 0 Å². The lowest BCUT2D eigenvalue weighted by atomic mass is 9.97. The maximum absolute atomic E-state index is 12.9. The van der Waals surface area contributed by atoms with Gasteiger partial charge in [-0.15, -0.1) is 0 Å². The molecule has 0 aliphatic carbocycles. The lowest BCUT2D eigenvalue weighted by Crippen LogP contribution is -2.48. The van der Waals surface area contributed by atoms with Crippen molar-refractivity contribution in [1.82, 2.24) is 18.9 Å². The van der Waals surface area contributed by atoms with Crippen molar-refractivity contribution in [3.63, 3.8) is 0 Å². The summed E-state index contributed by atoms with van der Waals surface area (Å²) in [7, 11) is -3.37. The smallest absolute Gasteiger partial charge is 0.347 e. The van der Waals surface area contributed by atoms with Crippen molar-refractivity contribution in [2.45, 2.75) is 38.2 Å². The molecule has 4 heterocycles. The molecule has 0 spiro atoms. The van der Waals surface area contributed by atoms with E-state index in [2.05, 4.69) is 9.97 Å². The number of nitrogens with one attached hydrogen (secondary N) is 1. The van der Waals surface area contributed by atoms with E-state index in [9.17, 15) is 18.3 Å². The van der Waals surface area contributed by atoms with E-state index in [1.54, 1.807) is 21.4 Å². The molecule has 0 saturated carbocycles. The van der Waals surface area contributed by atoms with Crippen molar-refractivity contribution in [2.24, 2.45) is 5.92 Å². The topological polar surface area (TPSA) is 121 Å². The summed E-state index contributed by atoms with van der Waals surface area (Å²) in [4.78, 5) is 18.5. The molecular formula is C20H28ClN5O5S. The Bertz CT molecular complexity index is 1060. The van der Waals surface area contributed by atoms with Crippen LogP contribution in [0.2, 0.25) is 5.02 Å². The zero-order chi connectivity index (χ0) is 22.7. The minimum Gasteiger partial charge on any atom is -0.492 e. The molecule has 2 N–H and O–H groups in total. The molecule has 4 rings (SSSR count). The fourth-order valence-electron chi connectivity index (χ4n) is 4.36. The van der Waals surface area contributed by atoms with Gasteiger partial charge in [-0.25, -0.2) is 22.5 Å². The van der Waals surface area contributed by atoms with Crippen LogP contribution in [0, 0.1) is 5.92 Å². The zero-order valence-electron chi connectivity index (χ0n) is 17.7. The first kappa shape index (κ1) is 22.9. The highest BCUT2D eigenvalue weighted by atomic mass is 35.5. The predicted octanol–water partition coefficient (Wildman–Crippen LogP) is 1.54. The number of imidazole rings is 1. The molecule has 0 aromatic carbocycles. The van der Waals surface area contributed by atoms with E-state index in [1.165, 1.54) is 17.1 Å². The second-order valence-electron chi connectivity index (χ2n) is 8.32. The van der Waals surface area contributed by atoms with Crippen LogP contribution >= 0.6 is 11.6 Å². The van der Waals surface area contributed by atoms with E-state index in [4.69, 9.17) is 16.3 Å². The van der Waals surface area contributed by atoms with Crippen molar-refractivity contribution in [1.29, 1.82) is 0 Å². The highest BCUT2D eigenvalue weighted by molar-refractivity contribution is 7.89. The monoisotopic (exact) mass is 485 g/mol. The van der Waals surface area contributed by atoms with Gasteiger partial charge in [0, 0.05) is 38.4 Å². The van der Waals surface area contributed by atoms with Crippen LogP contribution in [-0.2, 0) is 10.0 Å². The number of piperidine rings is 2. The molecule has 176 valence electrons. The van der Waals surface area contributed by atoms with Crippen LogP contribution in [0.1, 0.15) is 32.1 Å². The Balaban J connectivity index is 1.26. The average Bonchev–Trinajstić information content (AvgIpc) is 3.12. The lowest BCUT2D eigenvalue weighted by Gasteiger charge is -2.35. The first-order valence-corrected chi connectivity index (χ1v) is 12.8. The Kier molecular flexibility index (Phi) is 6.96. The molecule has 0 bridgehead atoms. The van der Waals surface area contributed by atoms with Gasteiger partial charge in [0.05, 0.1) is 17.0 Å². The largest absolute Gasteiger partial charge is 0.492 e. The molecule has 2 aromatic rings. The molecule has 1 atom stereocenters. The molecule has 32 heavy (non-hydrogen) atoms. The van der Waals surface area contributed by atoms with Crippen molar-refractivity contribution in [3.05, 3.63) is 40.0 Å². The highest BCUT2D eigenvalue weighted by Gasteiger charge is 2.31. The number of pyridine rings is 1. The standard InChI is InChI=1S/C20H28ClN5O5S/c21-16-3-4-18(22-12-16)31-17-5-9-25(10-6-17)32(29,30)11-7-15-2-1-8-24(14-15)26-19(27)13-23-20(26)28/h3-4,12-13,15,17,27H,1-2,5-11,14H2,(H,23,28). The molecule has 0 amide bonds. The van der Waals surface area contributed by atoms with E-state index in [-0.39, 0.29) is 23.7 Å². The van der Waals surface area contributed by atoms with Gasteiger partial charge in [-0.3, -0.25) is 0 Å². The summed E-state index contributed by atoms with van der Waals surface area (Å²) >= 11 is 5.84. The van der Waals surface area contributed by atoms with Crippen molar-refractivity contribution < 1.29 is 18.3 Å². The molecular weight excluding hydrogens is 458 g/mol. The third-order valence-electron chi connectivity index (χ3n) is 6.08. The number of sulfonamides is 1. The van der Waals surface area contributed by atoms with Gasteiger partial charge < -0.3 is 19.8 Å². The molecule has 2 fully saturated rings. The fourth-order valence-corrected chi connectivity index (χ4v) is 6.13. The second-order valence-corrected chi connectivity index (χ2v) is 10.8. The van der Waals surface area contributed by atoms with Crippen molar-refractivity contribution in [3.8, 4) is 11.8 Å². The molecule has 10 nitrogen and oxygen atoms in total. The first-order chi connectivity index (χ1) is 15.3. The molecule has 0 radical (unpaired) electrons. The number of rotatable bonds is 7. The molecule has 1 unspecified atom stereocenters. The van der Waals surface area contributed by atoms with E-state index >= 15 is 0 Å². The van der Waals surface area contributed by atoms with Crippen LogP contribution in [0.5, 0.6) is 11.8 Å². The number of hydrogen-bond acceptors (Lipinski definition) is 7. The summed E-state index contributed by atoms with van der Waals surface area (Å²) in [5, 5.41) is 12.2. The first-order valence-electron chi connectivity index (χ1n) is 10.8. The quantitative estimate of drug-likeness (QED) is 0.610. The fraction of sp³-hybridized carbons (Fsp3) is 0.600. The lowest BCUT2D eigenvalue weighted by molar-refractivity contribution is 0.130. The summed E-state index contributed by atoms with van der Waals surface area (Å²) in [5.41, 5.74) is -0.394. The SMILES string of the molecule is O=c1[nH]cc(O)n1N1CCCC(CCS(=O)(=O)N2CCC(Oc3ccc(Cl)cn3)CC2)C1. The Morgan fingerprint density at radius 1 is 1.22 bits per heavy atom. The van der Waals surface area contributed by atoms with Gasteiger partial charge in [0.15, 0.2) is 0 Å². The summed E-state index contributed by atoms with van der Waals surface area (Å²) in [5.74, 6) is 0.563. The van der Waals surface area contributed by atoms with Crippen molar-refractivity contribution in [2.75, 3.05) is 36.9 Å². The number of aromatic nitrogens is 3. The van der Waals surface area contributed by atoms with Gasteiger partial charge >= 0.3 is 5.69 Å². The second kappa shape index (κ2) is 9.72. The Morgan fingerprint density at radius 2 is 2.00 bits per heavy atom. The minimum absolute atomic E-state index is 0.0732. The maximum Gasteiger partial charge on any atom is 0.347 e. The van der Waals surface area contributed by atoms with Crippen LogP contribution in [0.3, 0.4) is 0 Å². The van der Waals surface area contributed by atoms with Crippen LogP contribution in [0.25, 0.3) is 0 Å². The van der Waals surface area contributed by atoms with E-state index in [0.29, 0.717) is 56.3 Å². The van der Waals surface area contributed by atoms with E-state index in [0.717, 1.165) is 12.8 Å². The van der Waals surface area contributed by atoms with Crippen LogP contribution in [0.4, 0.5) is 0 Å². The van der Waals surface area contributed by atoms with Crippen LogP contribution in [0.15, 0.2) is 29.3 Å². The molecule has 2 aliphatic rings. The number of aromatic amines is 1. The summed E-state index contributed by atoms with van der Waals surface area (Å²) in [6, 6.07) is 3.42. The van der Waals surface area contributed by atoms with Gasteiger partial charge in [0.25, 0.3) is 0 Å². The summed E-state index contributed by atoms with van der Waals surface area (Å²) in [6.07, 6.45) is 6.17. The van der Waals surface area contributed by atoms with E-state index < -0.39 is 15.7 Å². The maximum atomic E-state index is 12.9. The van der Waals surface area contributed by atoms with Crippen LogP contribution in [-0.4, -0.2) is 70.5 Å². The predicted molar refractivity (Wildman–Crippen MR) is 120 cm³/mol. The Labute approximate surface area is 191 Å². The number of H-pyrrole nitrogens is 1. The average molecular weight is 486 g/mol. The Hall–Kier alpha value is -2.24. The number of ether oxygens (including phenoxy) is 1. The highest BCUT2D eigenvalue weighted by Crippen LogP contribution is 2.24.